The number of hydrogen-bond acceptors (Lipinski definition) is 18. The molecule has 3 fully saturated rings. The Hall–Kier alpha value is -10.4. The molecular formula is C100H139N11O13. The summed E-state index contributed by atoms with van der Waals surface area (Å²) in [6.45, 7) is 46.6. The summed E-state index contributed by atoms with van der Waals surface area (Å²) in [5, 5.41) is 24.9. The first-order valence-electron chi connectivity index (χ1n) is 44.3. The molecule has 6 amide bonds. The van der Waals surface area contributed by atoms with E-state index in [1.165, 1.54) is 67.6 Å². The van der Waals surface area contributed by atoms with Gasteiger partial charge in [-0.25, -0.2) is 28.8 Å². The Morgan fingerprint density at radius 1 is 0.266 bits per heavy atom. The number of hydrogen-bond donors (Lipinski definition) is 3. The lowest BCUT2D eigenvalue weighted by Gasteiger charge is -2.36. The number of aldehydes is 1. The van der Waals surface area contributed by atoms with Gasteiger partial charge in [-0.3, -0.25) is 14.6 Å². The number of rotatable bonds is 5. The molecule has 24 nitrogen and oxygen atoms in total. The van der Waals surface area contributed by atoms with Gasteiger partial charge in [-0.15, -0.1) is 0 Å². The molecule has 3 aliphatic heterocycles. The molecule has 672 valence electrons. The monoisotopic (exact) mass is 1700 g/mol. The molecule has 0 saturated carbocycles. The number of fused-ring (bicyclic) bond motifs is 6. The molecule has 0 aromatic heterocycles. The van der Waals surface area contributed by atoms with Crippen molar-refractivity contribution in [3.63, 3.8) is 0 Å². The maximum absolute atomic E-state index is 13.5. The van der Waals surface area contributed by atoms with Crippen LogP contribution in [0.3, 0.4) is 0 Å². The predicted molar refractivity (Wildman–Crippen MR) is 500 cm³/mol. The van der Waals surface area contributed by atoms with Crippen LogP contribution in [0.1, 0.15) is 165 Å². The molecule has 0 atom stereocenters. The van der Waals surface area contributed by atoms with Crippen LogP contribution >= 0.6 is 0 Å². The topological polar surface area (TPSA) is 237 Å². The van der Waals surface area contributed by atoms with E-state index in [1.54, 1.807) is 45.3 Å². The summed E-state index contributed by atoms with van der Waals surface area (Å²) in [5.74, 6) is 0. The van der Waals surface area contributed by atoms with Crippen molar-refractivity contribution in [1.29, 1.82) is 0 Å². The van der Waals surface area contributed by atoms with E-state index in [4.69, 9.17) is 28.4 Å². The van der Waals surface area contributed by atoms with Crippen LogP contribution in [0.4, 0.5) is 28.8 Å². The van der Waals surface area contributed by atoms with Crippen molar-refractivity contribution in [3.05, 3.63) is 180 Å². The molecule has 0 unspecified atom stereocenters. The molecule has 12 rings (SSSR count). The average molecular weight is 1700 g/mol. The zero-order valence-electron chi connectivity index (χ0n) is 77.1. The predicted octanol–water partition coefficient (Wildman–Crippen LogP) is 18.8. The van der Waals surface area contributed by atoms with Crippen LogP contribution in [0.5, 0.6) is 0 Å². The molecule has 3 saturated heterocycles. The standard InChI is InChI=1S/C38H54N4O6.C24H31N3.C23H44N4O6.C15H10O/c1-36(2,3)46-33(43)40-20-18-39(27-32-30-16-12-10-14-28(30)26-29-15-11-13-17-31(29)32)19-21-41(34(44)47-37(4,5)6)23-25-42(24-22-40)35(45)48-38(7,8)9;1-6-12-25-14-16-27(17-15-26-13-7-1)19-24-22-10-4-2-8-20(22)18-21-9-3-5-11-23(21)24;1-21(2,3)31-18(28)25-12-10-24-11-13-26(19(29)32-22(4,5)6)15-17-27(16-14-25)20(30)33-23(7,8)9;16-10-15-13-7-3-1-5-11(13)9-12-6-2-4-8-14(12)15/h10-17,26H,18-25,27H2,1-9H3;2-5,8-11,18,25-26H,1,6-7,12-17,19H2;24H,10-17H2,1-9H3;1-10H. The third-order valence-electron chi connectivity index (χ3n) is 20.8. The van der Waals surface area contributed by atoms with E-state index >= 15 is 0 Å². The van der Waals surface area contributed by atoms with Crippen LogP contribution in [0.2, 0.25) is 0 Å². The maximum Gasteiger partial charge on any atom is 0.410 e. The van der Waals surface area contributed by atoms with Crippen molar-refractivity contribution in [2.24, 2.45) is 0 Å². The largest absolute Gasteiger partial charge is 0.444 e. The summed E-state index contributed by atoms with van der Waals surface area (Å²) < 4.78 is 33.9. The van der Waals surface area contributed by atoms with Crippen LogP contribution in [0, 0.1) is 0 Å². The molecule has 3 N–H and O–H groups in total. The fourth-order valence-corrected chi connectivity index (χ4v) is 14.9. The quantitative estimate of drug-likeness (QED) is 0.0825. The second-order valence-corrected chi connectivity index (χ2v) is 38.1. The van der Waals surface area contributed by atoms with Gasteiger partial charge in [-0.2, -0.15) is 0 Å². The third-order valence-corrected chi connectivity index (χ3v) is 20.8. The highest BCUT2D eigenvalue weighted by Crippen LogP contribution is 2.33. The van der Waals surface area contributed by atoms with Crippen molar-refractivity contribution in [3.8, 4) is 0 Å². The first-order chi connectivity index (χ1) is 58.7. The number of nitrogens with zero attached hydrogens (tertiary/aromatic N) is 8. The van der Waals surface area contributed by atoms with Crippen LogP contribution in [0.15, 0.2) is 164 Å². The van der Waals surface area contributed by atoms with E-state index in [-0.39, 0.29) is 52.4 Å². The second kappa shape index (κ2) is 45.0. The number of ether oxygens (including phenoxy) is 6. The fourth-order valence-electron chi connectivity index (χ4n) is 14.9. The van der Waals surface area contributed by atoms with Crippen LogP contribution in [0.25, 0.3) is 64.6 Å². The summed E-state index contributed by atoms with van der Waals surface area (Å²) in [4.78, 5) is 104. The molecule has 24 heteroatoms. The Balaban J connectivity index is 0.000000199. The Bertz CT molecular complexity index is 4760. The second-order valence-electron chi connectivity index (χ2n) is 38.1. The first kappa shape index (κ1) is 97.4. The van der Waals surface area contributed by atoms with E-state index in [0.29, 0.717) is 58.9 Å². The van der Waals surface area contributed by atoms with Crippen molar-refractivity contribution in [2.45, 2.75) is 191 Å². The molecule has 9 aromatic carbocycles. The van der Waals surface area contributed by atoms with Crippen LogP contribution in [-0.2, 0) is 41.5 Å². The Kier molecular flexibility index (Phi) is 35.3. The summed E-state index contributed by atoms with van der Waals surface area (Å²) in [5.41, 5.74) is -0.519. The molecule has 9 aromatic rings. The minimum Gasteiger partial charge on any atom is -0.444 e. The van der Waals surface area contributed by atoms with Gasteiger partial charge < -0.3 is 73.8 Å². The zero-order chi connectivity index (χ0) is 90.0. The van der Waals surface area contributed by atoms with Gasteiger partial charge >= 0.3 is 36.6 Å². The van der Waals surface area contributed by atoms with E-state index in [2.05, 4.69) is 141 Å². The first-order valence-corrected chi connectivity index (χ1v) is 44.3. The van der Waals surface area contributed by atoms with Gasteiger partial charge in [0.25, 0.3) is 0 Å². The Labute approximate surface area is 735 Å². The molecule has 124 heavy (non-hydrogen) atoms. The van der Waals surface area contributed by atoms with Gasteiger partial charge in [0, 0.05) is 150 Å². The van der Waals surface area contributed by atoms with Gasteiger partial charge in [-0.1, -0.05) is 152 Å². The van der Waals surface area contributed by atoms with Crippen molar-refractivity contribution >= 4 is 107 Å². The van der Waals surface area contributed by atoms with E-state index < -0.39 is 70.2 Å². The highest BCUT2D eigenvalue weighted by atomic mass is 16.6. The van der Waals surface area contributed by atoms with Gasteiger partial charge in [0.1, 0.15) is 33.6 Å². The molecule has 3 heterocycles. The minimum absolute atomic E-state index is 0.213. The summed E-state index contributed by atoms with van der Waals surface area (Å²) >= 11 is 0. The van der Waals surface area contributed by atoms with Gasteiger partial charge in [0.15, 0.2) is 6.29 Å². The Morgan fingerprint density at radius 2 is 0.468 bits per heavy atom. The van der Waals surface area contributed by atoms with Gasteiger partial charge in [0.05, 0.1) is 0 Å². The number of carbonyl (C=O) groups is 7. The zero-order valence-corrected chi connectivity index (χ0v) is 77.1. The molecule has 0 radical (unpaired) electrons. The number of carbonyl (C=O) groups excluding carboxylic acids is 7. The van der Waals surface area contributed by atoms with Crippen molar-refractivity contribution < 1.29 is 62.0 Å². The number of nitrogens with one attached hydrogen (secondary N) is 3. The summed E-state index contributed by atoms with van der Waals surface area (Å²) in [6, 6.07) is 57.1. The molecule has 0 bridgehead atoms. The van der Waals surface area contributed by atoms with Crippen molar-refractivity contribution in [1.82, 2.24) is 55.1 Å². The summed E-state index contributed by atoms with van der Waals surface area (Å²) in [7, 11) is 0. The lowest BCUT2D eigenvalue weighted by molar-refractivity contribution is 0.00449. The SMILES string of the molecule is CC(C)(C)OC(=O)N1CCN(Cc2c3ccccc3cc3ccccc23)CCN(C(=O)OC(C)(C)C)CCN(C(=O)OC(C)(C)C)CC1.CC(C)(C)OC(=O)N1CCNCCN(C(=O)OC(C)(C)C)CCN(C(=O)OC(C)(C)C)CC1.O=Cc1c2ccccc2cc2ccccc12.c1ccc2c(CN3CCNCCCCCNCC3)c3ccccc3cc2c1. The fraction of sp³-hybridized carbons (Fsp3) is 0.510. The smallest absolute Gasteiger partial charge is 0.410 e. The number of benzene rings is 9. The third kappa shape index (κ3) is 31.7. The van der Waals surface area contributed by atoms with Gasteiger partial charge in [0.2, 0.25) is 0 Å². The Morgan fingerprint density at radius 3 is 0.718 bits per heavy atom. The lowest BCUT2D eigenvalue weighted by Crippen LogP contribution is -2.51. The molecular weight excluding hydrogens is 1560 g/mol. The van der Waals surface area contributed by atoms with Crippen LogP contribution < -0.4 is 16.0 Å². The molecule has 0 aliphatic carbocycles. The number of amides is 6. The van der Waals surface area contributed by atoms with Crippen molar-refractivity contribution in [2.75, 3.05) is 144 Å². The van der Waals surface area contributed by atoms with E-state index in [1.807, 2.05) is 152 Å². The average Bonchev–Trinajstić information content (AvgIpc) is 0.783. The molecule has 3 aliphatic rings. The summed E-state index contributed by atoms with van der Waals surface area (Å²) in [6.07, 6.45) is 2.12. The lowest BCUT2D eigenvalue weighted by atomic mass is 9.96. The van der Waals surface area contributed by atoms with E-state index in [9.17, 15) is 33.6 Å². The molecule has 0 spiro atoms. The normalized spacial score (nSPS) is 16.3. The van der Waals surface area contributed by atoms with E-state index in [0.717, 1.165) is 90.0 Å². The van der Waals surface area contributed by atoms with Crippen LogP contribution in [-0.4, -0.2) is 260 Å². The highest BCUT2D eigenvalue weighted by Gasteiger charge is 2.33. The highest BCUT2D eigenvalue weighted by molar-refractivity contribution is 6.12. The maximum atomic E-state index is 13.5. The van der Waals surface area contributed by atoms with Gasteiger partial charge in [-0.05, 0) is 245 Å². The minimum atomic E-state index is -0.706.